The van der Waals surface area contributed by atoms with Gasteiger partial charge in [-0.3, -0.25) is 5.10 Å². The van der Waals surface area contributed by atoms with Gasteiger partial charge in [0.15, 0.2) is 5.69 Å². The number of nitrogens with one attached hydrogen (secondary N) is 1. The van der Waals surface area contributed by atoms with Crippen LogP contribution in [0.3, 0.4) is 0 Å². The SMILES string of the molecule is COCCOCc1cc(C(F)(F)F)n[nH]1. The molecular weight excluding hydrogens is 213 g/mol. The van der Waals surface area contributed by atoms with E-state index in [-0.39, 0.29) is 6.61 Å². The van der Waals surface area contributed by atoms with E-state index in [0.29, 0.717) is 18.9 Å². The highest BCUT2D eigenvalue weighted by Crippen LogP contribution is 2.27. The zero-order valence-corrected chi connectivity index (χ0v) is 8.10. The second-order valence-electron chi connectivity index (χ2n) is 2.82. The third kappa shape index (κ3) is 3.88. The van der Waals surface area contributed by atoms with Crippen molar-refractivity contribution in [2.75, 3.05) is 20.3 Å². The Morgan fingerprint density at radius 1 is 1.40 bits per heavy atom. The van der Waals surface area contributed by atoms with Gasteiger partial charge in [-0.05, 0) is 6.07 Å². The molecule has 0 saturated heterocycles. The number of alkyl halides is 3. The summed E-state index contributed by atoms with van der Waals surface area (Å²) in [4.78, 5) is 0. The summed E-state index contributed by atoms with van der Waals surface area (Å²) in [7, 11) is 1.52. The molecule has 0 aliphatic heterocycles. The van der Waals surface area contributed by atoms with Gasteiger partial charge in [-0.2, -0.15) is 18.3 Å². The maximum atomic E-state index is 12.1. The average Bonchev–Trinajstić information content (AvgIpc) is 2.60. The van der Waals surface area contributed by atoms with E-state index >= 15 is 0 Å². The van der Waals surface area contributed by atoms with E-state index in [4.69, 9.17) is 9.47 Å². The first-order chi connectivity index (χ1) is 7.04. The summed E-state index contributed by atoms with van der Waals surface area (Å²) in [5.74, 6) is 0. The second kappa shape index (κ2) is 5.13. The quantitative estimate of drug-likeness (QED) is 0.772. The molecule has 86 valence electrons. The Morgan fingerprint density at radius 3 is 2.67 bits per heavy atom. The molecule has 0 spiro atoms. The third-order valence-electron chi connectivity index (χ3n) is 1.61. The van der Waals surface area contributed by atoms with Crippen molar-refractivity contribution in [3.8, 4) is 0 Å². The predicted octanol–water partition coefficient (Wildman–Crippen LogP) is 1.59. The van der Waals surface area contributed by atoms with Crippen LogP contribution in [0, 0.1) is 0 Å². The lowest BCUT2D eigenvalue weighted by Crippen LogP contribution is -2.04. The van der Waals surface area contributed by atoms with Crippen molar-refractivity contribution < 1.29 is 22.6 Å². The molecule has 0 aliphatic carbocycles. The molecule has 15 heavy (non-hydrogen) atoms. The van der Waals surface area contributed by atoms with Crippen LogP contribution in [-0.2, 0) is 22.3 Å². The zero-order valence-electron chi connectivity index (χ0n) is 8.10. The minimum absolute atomic E-state index is 0.0619. The summed E-state index contributed by atoms with van der Waals surface area (Å²) < 4.78 is 46.0. The molecule has 0 aromatic carbocycles. The molecule has 1 aromatic rings. The summed E-state index contributed by atoms with van der Waals surface area (Å²) in [6.07, 6.45) is -4.42. The zero-order chi connectivity index (χ0) is 11.3. The predicted molar refractivity (Wildman–Crippen MR) is 45.1 cm³/mol. The monoisotopic (exact) mass is 224 g/mol. The standard InChI is InChI=1S/C8H11F3N2O2/c1-14-2-3-15-5-6-4-7(13-12-6)8(9,10)11/h4H,2-3,5H2,1H3,(H,12,13). The number of nitrogens with zero attached hydrogens (tertiary/aromatic N) is 1. The van der Waals surface area contributed by atoms with Gasteiger partial charge in [-0.25, -0.2) is 0 Å². The van der Waals surface area contributed by atoms with Crippen molar-refractivity contribution >= 4 is 0 Å². The number of hydrogen-bond donors (Lipinski definition) is 1. The van der Waals surface area contributed by atoms with Crippen LogP contribution in [0.1, 0.15) is 11.4 Å². The Labute approximate surface area is 84.4 Å². The van der Waals surface area contributed by atoms with Crippen molar-refractivity contribution in [3.05, 3.63) is 17.5 Å². The highest BCUT2D eigenvalue weighted by molar-refractivity contribution is 5.10. The van der Waals surface area contributed by atoms with Crippen molar-refractivity contribution in [3.63, 3.8) is 0 Å². The molecule has 7 heteroatoms. The summed E-state index contributed by atoms with van der Waals surface area (Å²) in [6, 6.07) is 0.923. The topological polar surface area (TPSA) is 47.1 Å². The van der Waals surface area contributed by atoms with Crippen LogP contribution in [0.2, 0.25) is 0 Å². The summed E-state index contributed by atoms with van der Waals surface area (Å²) in [5, 5.41) is 5.38. The van der Waals surface area contributed by atoms with Gasteiger partial charge in [0.05, 0.1) is 25.5 Å². The number of halogens is 3. The fourth-order valence-corrected chi connectivity index (χ4v) is 0.905. The molecule has 0 amide bonds. The number of H-pyrrole nitrogens is 1. The lowest BCUT2D eigenvalue weighted by atomic mass is 10.3. The minimum atomic E-state index is -4.42. The highest BCUT2D eigenvalue weighted by Gasteiger charge is 2.33. The lowest BCUT2D eigenvalue weighted by molar-refractivity contribution is -0.141. The molecule has 0 saturated carbocycles. The molecule has 1 aromatic heterocycles. The van der Waals surface area contributed by atoms with Gasteiger partial charge in [0.25, 0.3) is 0 Å². The average molecular weight is 224 g/mol. The second-order valence-corrected chi connectivity index (χ2v) is 2.82. The van der Waals surface area contributed by atoms with Gasteiger partial charge in [0.1, 0.15) is 0 Å². The van der Waals surface area contributed by atoms with Crippen LogP contribution >= 0.6 is 0 Å². The largest absolute Gasteiger partial charge is 0.435 e. The first-order valence-corrected chi connectivity index (χ1v) is 4.22. The number of hydrogen-bond acceptors (Lipinski definition) is 3. The lowest BCUT2D eigenvalue weighted by Gasteiger charge is -2.00. The number of methoxy groups -OCH3 is 1. The summed E-state index contributed by atoms with van der Waals surface area (Å²) in [6.45, 7) is 0.795. The Hall–Kier alpha value is -1.08. The minimum Gasteiger partial charge on any atom is -0.382 e. The Bertz CT molecular complexity index is 298. The normalized spacial score (nSPS) is 12.0. The molecule has 0 radical (unpaired) electrons. The van der Waals surface area contributed by atoms with Gasteiger partial charge in [-0.15, -0.1) is 0 Å². The van der Waals surface area contributed by atoms with E-state index in [2.05, 4.69) is 10.2 Å². The van der Waals surface area contributed by atoms with E-state index in [1.165, 1.54) is 7.11 Å². The number of ether oxygens (including phenoxy) is 2. The van der Waals surface area contributed by atoms with Crippen LogP contribution in [0.5, 0.6) is 0 Å². The fraction of sp³-hybridized carbons (Fsp3) is 0.625. The number of aromatic nitrogens is 2. The molecule has 0 bridgehead atoms. The maximum Gasteiger partial charge on any atom is 0.435 e. The van der Waals surface area contributed by atoms with Crippen molar-refractivity contribution in [1.29, 1.82) is 0 Å². The smallest absolute Gasteiger partial charge is 0.382 e. The van der Waals surface area contributed by atoms with E-state index in [1.807, 2.05) is 0 Å². The third-order valence-corrected chi connectivity index (χ3v) is 1.61. The first-order valence-electron chi connectivity index (χ1n) is 4.22. The highest BCUT2D eigenvalue weighted by atomic mass is 19.4. The molecule has 1 N–H and O–H groups in total. The molecular formula is C8H11F3N2O2. The van der Waals surface area contributed by atoms with Crippen molar-refractivity contribution in [2.24, 2.45) is 0 Å². The molecule has 1 heterocycles. The van der Waals surface area contributed by atoms with Gasteiger partial charge in [0.2, 0.25) is 0 Å². The van der Waals surface area contributed by atoms with Crippen molar-refractivity contribution in [2.45, 2.75) is 12.8 Å². The van der Waals surface area contributed by atoms with Crippen molar-refractivity contribution in [1.82, 2.24) is 10.2 Å². The summed E-state index contributed by atoms with van der Waals surface area (Å²) in [5.41, 5.74) is -0.647. The van der Waals surface area contributed by atoms with Gasteiger partial charge < -0.3 is 9.47 Å². The fourth-order valence-electron chi connectivity index (χ4n) is 0.905. The molecule has 0 atom stereocenters. The molecule has 0 fully saturated rings. The summed E-state index contributed by atoms with van der Waals surface area (Å²) >= 11 is 0. The Balaban J connectivity index is 2.40. The van der Waals surface area contributed by atoms with Crippen LogP contribution in [0.25, 0.3) is 0 Å². The van der Waals surface area contributed by atoms with E-state index in [0.717, 1.165) is 6.07 Å². The molecule has 0 unspecified atom stereocenters. The van der Waals surface area contributed by atoms with E-state index < -0.39 is 11.9 Å². The Morgan fingerprint density at radius 2 is 2.13 bits per heavy atom. The maximum absolute atomic E-state index is 12.1. The van der Waals surface area contributed by atoms with Crippen LogP contribution in [0.4, 0.5) is 13.2 Å². The molecule has 0 aliphatic rings. The van der Waals surface area contributed by atoms with Crippen LogP contribution < -0.4 is 0 Å². The van der Waals surface area contributed by atoms with Crippen LogP contribution in [0.15, 0.2) is 6.07 Å². The van der Waals surface area contributed by atoms with E-state index in [1.54, 1.807) is 0 Å². The van der Waals surface area contributed by atoms with Gasteiger partial charge in [-0.1, -0.05) is 0 Å². The molecule has 4 nitrogen and oxygen atoms in total. The first kappa shape index (κ1) is 12.0. The van der Waals surface area contributed by atoms with Gasteiger partial charge in [0, 0.05) is 7.11 Å². The molecule has 1 rings (SSSR count). The van der Waals surface area contributed by atoms with E-state index in [9.17, 15) is 13.2 Å². The van der Waals surface area contributed by atoms with Gasteiger partial charge >= 0.3 is 6.18 Å². The number of rotatable bonds is 5. The Kier molecular flexibility index (Phi) is 4.10. The van der Waals surface area contributed by atoms with Crippen LogP contribution in [-0.4, -0.2) is 30.5 Å². The number of aromatic amines is 1.